The van der Waals surface area contributed by atoms with Gasteiger partial charge in [0.2, 0.25) is 0 Å². The van der Waals surface area contributed by atoms with E-state index in [1.807, 2.05) is 13.8 Å². The number of pyridine rings is 1. The number of nitrogens with one attached hydrogen (secondary N) is 1. The Morgan fingerprint density at radius 2 is 1.94 bits per heavy atom. The smallest absolute Gasteiger partial charge is 0.419 e. The molecule has 1 aromatic carbocycles. The van der Waals surface area contributed by atoms with Crippen molar-refractivity contribution in [1.82, 2.24) is 4.98 Å². The van der Waals surface area contributed by atoms with Crippen LogP contribution in [-0.2, 0) is 10.9 Å². The van der Waals surface area contributed by atoms with Crippen molar-refractivity contribution in [3.05, 3.63) is 41.8 Å². The summed E-state index contributed by atoms with van der Waals surface area (Å²) in [5.74, 6) is -1.63. The Morgan fingerprint density at radius 1 is 1.26 bits per heavy atom. The third-order valence-electron chi connectivity index (χ3n) is 4.32. The van der Waals surface area contributed by atoms with E-state index in [0.29, 0.717) is 6.42 Å². The number of carbonyl (C=O) groups excluding carboxylic acids is 1. The highest BCUT2D eigenvalue weighted by molar-refractivity contribution is 5.84. The molecule has 0 unspecified atom stereocenters. The number of hydrogen-bond acceptors (Lipinski definition) is 5. The summed E-state index contributed by atoms with van der Waals surface area (Å²) >= 11 is 0. The molecule has 170 valence electrons. The van der Waals surface area contributed by atoms with Gasteiger partial charge < -0.3 is 15.2 Å². The number of rotatable bonds is 7. The number of amides is 1. The highest BCUT2D eigenvalue weighted by Gasteiger charge is 2.35. The topological polar surface area (TPSA) is 86.5 Å². The summed E-state index contributed by atoms with van der Waals surface area (Å²) in [4.78, 5) is 15.0. The third kappa shape index (κ3) is 6.55. The third-order valence-corrected chi connectivity index (χ3v) is 4.32. The molecule has 0 aliphatic carbocycles. The van der Waals surface area contributed by atoms with Crippen molar-refractivity contribution in [1.29, 1.82) is 0 Å². The fraction of sp³-hybridized carbons (Fsp3) is 0.429. The van der Waals surface area contributed by atoms with Crippen LogP contribution in [0, 0.1) is 11.7 Å². The van der Waals surface area contributed by atoms with E-state index in [1.165, 1.54) is 12.1 Å². The molecule has 0 saturated carbocycles. The number of methoxy groups -OCH3 is 1. The number of carbonyl (C=O) groups is 1. The lowest BCUT2D eigenvalue weighted by molar-refractivity contribution is -0.139. The maximum Gasteiger partial charge on any atom is 0.419 e. The Bertz CT molecular complexity index is 931. The van der Waals surface area contributed by atoms with Gasteiger partial charge in [0.1, 0.15) is 12.4 Å². The first-order valence-corrected chi connectivity index (χ1v) is 9.47. The van der Waals surface area contributed by atoms with Crippen LogP contribution < -0.4 is 15.8 Å². The van der Waals surface area contributed by atoms with E-state index in [9.17, 15) is 22.4 Å². The largest absolute Gasteiger partial charge is 0.491 e. The van der Waals surface area contributed by atoms with Gasteiger partial charge >= 0.3 is 12.3 Å². The van der Waals surface area contributed by atoms with Gasteiger partial charge in [0.05, 0.1) is 12.7 Å². The van der Waals surface area contributed by atoms with Crippen molar-refractivity contribution >= 4 is 11.9 Å². The van der Waals surface area contributed by atoms with E-state index in [-0.39, 0.29) is 23.7 Å². The van der Waals surface area contributed by atoms with Crippen molar-refractivity contribution in [2.24, 2.45) is 11.7 Å². The van der Waals surface area contributed by atoms with Gasteiger partial charge in [-0.25, -0.2) is 14.2 Å². The van der Waals surface area contributed by atoms with Gasteiger partial charge in [-0.2, -0.15) is 13.2 Å². The first-order chi connectivity index (χ1) is 14.3. The minimum absolute atomic E-state index is 0.0646. The second-order valence-corrected chi connectivity index (χ2v) is 7.89. The minimum Gasteiger partial charge on any atom is -0.491 e. The minimum atomic E-state index is -4.75. The van der Waals surface area contributed by atoms with Crippen molar-refractivity contribution in [3.63, 3.8) is 0 Å². The molecule has 1 amide bonds. The van der Waals surface area contributed by atoms with Gasteiger partial charge in [0.15, 0.2) is 11.6 Å². The van der Waals surface area contributed by atoms with Crippen LogP contribution in [0.15, 0.2) is 30.5 Å². The lowest BCUT2D eigenvalue weighted by atomic mass is 9.93. The maximum atomic E-state index is 14.7. The molecule has 2 aromatic rings. The SMILES string of the molecule is COC(=O)Nc1nccc(-c2ccc(OC[C@@](C)(N)CC(C)C)c(C(F)(F)F)c2)c1F. The van der Waals surface area contributed by atoms with Gasteiger partial charge in [-0.05, 0) is 43.0 Å². The van der Waals surface area contributed by atoms with Gasteiger partial charge in [0.25, 0.3) is 0 Å². The van der Waals surface area contributed by atoms with E-state index in [4.69, 9.17) is 10.5 Å². The molecule has 0 bridgehead atoms. The molecule has 6 nitrogen and oxygen atoms in total. The summed E-state index contributed by atoms with van der Waals surface area (Å²) in [5, 5.41) is 2.07. The zero-order valence-corrected chi connectivity index (χ0v) is 17.6. The highest BCUT2D eigenvalue weighted by atomic mass is 19.4. The summed E-state index contributed by atoms with van der Waals surface area (Å²) in [5.41, 5.74) is 4.00. The Morgan fingerprint density at radius 3 is 2.52 bits per heavy atom. The van der Waals surface area contributed by atoms with Crippen LogP contribution in [0.3, 0.4) is 0 Å². The van der Waals surface area contributed by atoms with Crippen molar-refractivity contribution < 1.29 is 31.8 Å². The normalized spacial score (nSPS) is 13.6. The fourth-order valence-electron chi connectivity index (χ4n) is 3.18. The lowest BCUT2D eigenvalue weighted by Crippen LogP contribution is -2.43. The Hall–Kier alpha value is -2.88. The fourth-order valence-corrected chi connectivity index (χ4v) is 3.18. The molecule has 0 aliphatic rings. The number of alkyl halides is 3. The van der Waals surface area contributed by atoms with E-state index in [0.717, 1.165) is 25.4 Å². The molecular formula is C21H25F4N3O3. The van der Waals surface area contributed by atoms with Crippen LogP contribution in [0.1, 0.15) is 32.8 Å². The standard InChI is InChI=1S/C21H25F4N3O3/c1-12(2)10-20(3,26)11-31-16-6-5-13(9-15(16)21(23,24)25)14-7-8-27-18(17(14)22)28-19(29)30-4/h5-9,12H,10-11,26H2,1-4H3,(H,27,28,29)/t20-/m0/s1. The zero-order chi connectivity index (χ0) is 23.4. The molecule has 0 fully saturated rings. The van der Waals surface area contributed by atoms with Crippen LogP contribution in [0.25, 0.3) is 11.1 Å². The number of halogens is 4. The molecule has 31 heavy (non-hydrogen) atoms. The van der Waals surface area contributed by atoms with E-state index in [1.54, 1.807) is 6.92 Å². The molecule has 3 N–H and O–H groups in total. The summed E-state index contributed by atoms with van der Waals surface area (Å²) < 4.78 is 65.6. The Balaban J connectivity index is 2.40. The monoisotopic (exact) mass is 443 g/mol. The van der Waals surface area contributed by atoms with Crippen LogP contribution in [0.2, 0.25) is 0 Å². The summed E-state index contributed by atoms with van der Waals surface area (Å²) in [7, 11) is 1.08. The number of hydrogen-bond donors (Lipinski definition) is 2. The number of nitrogens with two attached hydrogens (primary N) is 1. The Kier molecular flexibility index (Phi) is 7.48. The molecule has 1 heterocycles. The predicted molar refractivity (Wildman–Crippen MR) is 108 cm³/mol. The highest BCUT2D eigenvalue weighted by Crippen LogP contribution is 2.40. The predicted octanol–water partition coefficient (Wildman–Crippen LogP) is 5.23. The summed E-state index contributed by atoms with van der Waals surface area (Å²) in [6.45, 7) is 5.49. The average molecular weight is 443 g/mol. The molecule has 2 rings (SSSR count). The van der Waals surface area contributed by atoms with Gasteiger partial charge in [-0.3, -0.25) is 5.32 Å². The van der Waals surface area contributed by atoms with Crippen molar-refractivity contribution in [2.75, 3.05) is 19.0 Å². The molecule has 0 spiro atoms. The van der Waals surface area contributed by atoms with E-state index < -0.39 is 40.8 Å². The number of anilines is 1. The number of nitrogens with zero attached hydrogens (tertiary/aromatic N) is 1. The first kappa shape index (κ1) is 24.4. The summed E-state index contributed by atoms with van der Waals surface area (Å²) in [6, 6.07) is 4.40. The van der Waals surface area contributed by atoms with Crippen molar-refractivity contribution in [3.8, 4) is 16.9 Å². The van der Waals surface area contributed by atoms with E-state index in [2.05, 4.69) is 15.0 Å². The molecule has 1 aromatic heterocycles. The van der Waals surface area contributed by atoms with Gasteiger partial charge in [0, 0.05) is 17.3 Å². The van der Waals surface area contributed by atoms with Crippen molar-refractivity contribution in [2.45, 2.75) is 38.9 Å². The Labute approximate surface area is 177 Å². The van der Waals surface area contributed by atoms with Crippen LogP contribution in [-0.4, -0.2) is 30.3 Å². The molecule has 0 aliphatic heterocycles. The van der Waals surface area contributed by atoms with E-state index >= 15 is 0 Å². The number of benzene rings is 1. The molecular weight excluding hydrogens is 418 g/mol. The van der Waals surface area contributed by atoms with Crippen LogP contribution in [0.4, 0.5) is 28.2 Å². The average Bonchev–Trinajstić information content (AvgIpc) is 2.66. The molecule has 0 radical (unpaired) electrons. The number of aromatic nitrogens is 1. The quantitative estimate of drug-likeness (QED) is 0.573. The van der Waals surface area contributed by atoms with Crippen LogP contribution in [0.5, 0.6) is 5.75 Å². The van der Waals surface area contributed by atoms with Gasteiger partial charge in [-0.1, -0.05) is 19.9 Å². The lowest BCUT2D eigenvalue weighted by Gasteiger charge is -2.27. The zero-order valence-electron chi connectivity index (χ0n) is 17.6. The molecule has 10 heteroatoms. The molecule has 0 saturated heterocycles. The number of ether oxygens (including phenoxy) is 2. The maximum absolute atomic E-state index is 14.7. The first-order valence-electron chi connectivity index (χ1n) is 9.47. The second kappa shape index (κ2) is 9.51. The molecule has 1 atom stereocenters. The van der Waals surface area contributed by atoms with Gasteiger partial charge in [-0.15, -0.1) is 0 Å². The second-order valence-electron chi connectivity index (χ2n) is 7.89. The summed E-state index contributed by atoms with van der Waals surface area (Å²) in [6.07, 6.45) is -3.99. The van der Waals surface area contributed by atoms with Crippen LogP contribution >= 0.6 is 0 Å².